The molecule has 2 aromatic rings. The highest BCUT2D eigenvalue weighted by atomic mass is 79.9. The number of piperazine rings is 2. The SMILES string of the molecule is C.C.CC1(C)OB(C2=CCOCC2)OC1(C)C.COc1cc(N2CCC(N3CCN(C)CC3)CC2)c(Br)cc1[N+](=O)[O-].COc1cc(N2CCC(N3CCN(C)CC3)CC2)c(C2=CCOCC2)cc1[N+](=O)[O-]. The molecule has 7 heterocycles. The largest absolute Gasteiger partial charge is 0.490 e. The molecule has 18 nitrogen and oxygen atoms in total. The lowest BCUT2D eigenvalue weighted by Crippen LogP contribution is -2.52. The van der Waals surface area contributed by atoms with E-state index in [1.54, 1.807) is 18.2 Å². The van der Waals surface area contributed by atoms with Gasteiger partial charge in [-0.1, -0.05) is 27.0 Å². The van der Waals surface area contributed by atoms with Crippen molar-refractivity contribution in [2.75, 3.05) is 143 Å². The molecule has 402 valence electrons. The van der Waals surface area contributed by atoms with E-state index in [0.29, 0.717) is 43.4 Å². The lowest BCUT2D eigenvalue weighted by Gasteiger charge is -2.43. The summed E-state index contributed by atoms with van der Waals surface area (Å²) in [5, 5.41) is 22.7. The Morgan fingerprint density at radius 1 is 0.625 bits per heavy atom. The fourth-order valence-electron chi connectivity index (χ4n) is 10.3. The minimum absolute atomic E-state index is 0. The van der Waals surface area contributed by atoms with Gasteiger partial charge in [-0.15, -0.1) is 0 Å². The van der Waals surface area contributed by atoms with Crippen LogP contribution in [0.2, 0.25) is 0 Å². The van der Waals surface area contributed by atoms with Crippen LogP contribution in [0.1, 0.15) is 86.6 Å². The van der Waals surface area contributed by atoms with E-state index in [9.17, 15) is 20.2 Å². The van der Waals surface area contributed by atoms with Crippen molar-refractivity contribution in [1.29, 1.82) is 0 Å². The number of nitro groups is 2. The van der Waals surface area contributed by atoms with Gasteiger partial charge in [-0.25, -0.2) is 0 Å². The van der Waals surface area contributed by atoms with E-state index in [1.165, 1.54) is 19.7 Å². The molecule has 5 fully saturated rings. The van der Waals surface area contributed by atoms with Gasteiger partial charge in [-0.05, 0) is 107 Å². The number of halogens is 1. The van der Waals surface area contributed by atoms with Gasteiger partial charge in [0.15, 0.2) is 11.5 Å². The molecular weight excluding hydrogens is 987 g/mol. The second kappa shape index (κ2) is 26.6. The molecule has 0 N–H and O–H groups in total. The second-order valence-corrected chi connectivity index (χ2v) is 21.2. The Balaban J connectivity index is 0.000000208. The van der Waals surface area contributed by atoms with Gasteiger partial charge in [0, 0.05) is 131 Å². The van der Waals surface area contributed by atoms with Crippen LogP contribution in [-0.4, -0.2) is 193 Å². The molecule has 0 aliphatic carbocycles. The van der Waals surface area contributed by atoms with Crippen molar-refractivity contribution in [3.8, 4) is 11.5 Å². The normalized spacial score (nSPS) is 22.4. The van der Waals surface area contributed by atoms with Gasteiger partial charge in [0.1, 0.15) is 0 Å². The van der Waals surface area contributed by atoms with Crippen LogP contribution in [0.3, 0.4) is 0 Å². The summed E-state index contributed by atoms with van der Waals surface area (Å²) in [6, 6.07) is 8.14. The third kappa shape index (κ3) is 14.5. The van der Waals surface area contributed by atoms with Gasteiger partial charge in [0.05, 0.1) is 67.4 Å². The third-order valence-electron chi connectivity index (χ3n) is 15.5. The molecule has 2 aromatic carbocycles. The molecular formula is C52H84BBrN8O10. The Kier molecular flexibility index (Phi) is 21.8. The molecule has 0 aromatic heterocycles. The number of hydrogen-bond acceptors (Lipinski definition) is 16. The molecule has 9 rings (SSSR count). The molecule has 72 heavy (non-hydrogen) atoms. The van der Waals surface area contributed by atoms with Crippen molar-refractivity contribution in [3.05, 3.63) is 72.2 Å². The number of ether oxygens (including phenoxy) is 4. The van der Waals surface area contributed by atoms with Crippen LogP contribution < -0.4 is 19.3 Å². The third-order valence-corrected chi connectivity index (χ3v) is 16.2. The number of benzene rings is 2. The van der Waals surface area contributed by atoms with Gasteiger partial charge >= 0.3 is 18.5 Å². The van der Waals surface area contributed by atoms with Gasteiger partial charge < -0.3 is 47.9 Å². The zero-order chi connectivity index (χ0) is 50.2. The maximum absolute atomic E-state index is 11.6. The fourth-order valence-corrected chi connectivity index (χ4v) is 10.9. The second-order valence-electron chi connectivity index (χ2n) is 20.4. The molecule has 0 radical (unpaired) electrons. The van der Waals surface area contributed by atoms with E-state index in [2.05, 4.69) is 99.3 Å². The van der Waals surface area contributed by atoms with Crippen molar-refractivity contribution in [2.45, 2.75) is 104 Å². The highest BCUT2D eigenvalue weighted by Gasteiger charge is 2.52. The summed E-state index contributed by atoms with van der Waals surface area (Å²) in [7, 11) is 7.16. The number of piperidine rings is 2. The number of methoxy groups -OCH3 is 2. The van der Waals surface area contributed by atoms with Crippen LogP contribution in [0.25, 0.3) is 5.57 Å². The summed E-state index contributed by atoms with van der Waals surface area (Å²) in [5.74, 6) is 0.636. The monoisotopic (exact) mass is 1070 g/mol. The van der Waals surface area contributed by atoms with Crippen LogP contribution in [0.4, 0.5) is 22.7 Å². The van der Waals surface area contributed by atoms with Gasteiger partial charge in [0.2, 0.25) is 0 Å². The summed E-state index contributed by atoms with van der Waals surface area (Å²) >= 11 is 3.50. The predicted molar refractivity (Wildman–Crippen MR) is 292 cm³/mol. The Hall–Kier alpha value is -3.86. The molecule has 0 unspecified atom stereocenters. The summed E-state index contributed by atoms with van der Waals surface area (Å²) in [5.41, 5.74) is 4.85. The van der Waals surface area contributed by atoms with Gasteiger partial charge in [0.25, 0.3) is 0 Å². The molecule has 0 atom stereocenters. The number of hydrogen-bond donors (Lipinski definition) is 0. The molecule has 0 saturated carbocycles. The van der Waals surface area contributed by atoms with E-state index in [1.807, 2.05) is 6.07 Å². The quantitative estimate of drug-likeness (QED) is 0.127. The minimum Gasteiger partial charge on any atom is -0.490 e. The standard InChI is InChI=1S/C22H32N4O4.C17H25BrN4O3.C11H19BO3.2CH4/c1-23-9-11-24(12-10-23)18-3-7-25(8-4-18)20-16-22(29-2)21(26(27)28)15-19(20)17-5-13-30-14-6-17;1-19-7-9-20(10-8-19)13-3-5-21(6-4-13)15-12-17(25-2)16(22(23)24)11-14(15)18;1-10(2)11(3,4)15-12(14-10)9-5-7-13-8-6-9;;/h5,15-16,18H,3-4,6-14H2,1-2H3;11-13H,3-10H2,1-2H3;5H,6-8H2,1-4H3;2*1H4. The van der Waals surface area contributed by atoms with Crippen LogP contribution >= 0.6 is 15.9 Å². The molecule has 5 saturated heterocycles. The van der Waals surface area contributed by atoms with Gasteiger partial charge in [-0.2, -0.15) is 0 Å². The summed E-state index contributed by atoms with van der Waals surface area (Å²) in [6.07, 6.45) is 10.3. The van der Waals surface area contributed by atoms with E-state index >= 15 is 0 Å². The van der Waals surface area contributed by atoms with E-state index < -0.39 is 4.92 Å². The van der Waals surface area contributed by atoms with Crippen LogP contribution in [0.5, 0.6) is 11.5 Å². The van der Waals surface area contributed by atoms with Crippen molar-refractivity contribution < 1.29 is 38.1 Å². The maximum atomic E-state index is 11.6. The van der Waals surface area contributed by atoms with Crippen molar-refractivity contribution in [3.63, 3.8) is 0 Å². The first-order valence-electron chi connectivity index (χ1n) is 25.1. The maximum Gasteiger partial charge on any atom is 0.490 e. The number of nitrogens with zero attached hydrogens (tertiary/aromatic N) is 8. The highest BCUT2D eigenvalue weighted by Crippen LogP contribution is 2.43. The average molecular weight is 1070 g/mol. The molecule has 0 spiro atoms. The van der Waals surface area contributed by atoms with Crippen molar-refractivity contribution in [2.24, 2.45) is 0 Å². The lowest BCUT2D eigenvalue weighted by atomic mass is 9.75. The molecule has 20 heteroatoms. The Morgan fingerprint density at radius 3 is 1.47 bits per heavy atom. The van der Waals surface area contributed by atoms with Crippen LogP contribution in [0.15, 0.2) is 46.4 Å². The smallest absolute Gasteiger partial charge is 0.490 e. The topological polar surface area (TPSA) is 161 Å². The van der Waals surface area contributed by atoms with Gasteiger partial charge in [-0.3, -0.25) is 30.0 Å². The van der Waals surface area contributed by atoms with E-state index in [0.717, 1.165) is 151 Å². The first-order chi connectivity index (χ1) is 33.5. The zero-order valence-electron chi connectivity index (χ0n) is 42.8. The number of anilines is 2. The molecule has 7 aliphatic rings. The van der Waals surface area contributed by atoms with Crippen LogP contribution in [-0.2, 0) is 18.8 Å². The first-order valence-corrected chi connectivity index (χ1v) is 25.9. The fraction of sp³-hybridized carbons (Fsp3) is 0.692. The molecule has 7 aliphatic heterocycles. The molecule has 0 bridgehead atoms. The Morgan fingerprint density at radius 2 is 1.06 bits per heavy atom. The number of likely N-dealkylation sites (N-methyl/N-ethyl adjacent to an activating group) is 2. The summed E-state index contributed by atoms with van der Waals surface area (Å²) in [6.45, 7) is 23.9. The summed E-state index contributed by atoms with van der Waals surface area (Å²) in [4.78, 5) is 36.7. The Labute approximate surface area is 438 Å². The number of rotatable bonds is 10. The number of nitro benzene ring substituents is 2. The lowest BCUT2D eigenvalue weighted by molar-refractivity contribution is -0.385. The van der Waals surface area contributed by atoms with Crippen LogP contribution in [0, 0.1) is 20.2 Å². The highest BCUT2D eigenvalue weighted by molar-refractivity contribution is 9.10. The van der Waals surface area contributed by atoms with E-state index in [4.69, 9.17) is 28.3 Å². The molecule has 0 amide bonds. The first kappa shape index (κ1) is 59.0. The van der Waals surface area contributed by atoms with Crippen molar-refractivity contribution in [1.82, 2.24) is 19.6 Å². The van der Waals surface area contributed by atoms with E-state index in [-0.39, 0.29) is 49.5 Å². The predicted octanol–water partition coefficient (Wildman–Crippen LogP) is 8.44. The zero-order valence-corrected chi connectivity index (χ0v) is 44.4. The average Bonchev–Trinajstić information content (AvgIpc) is 3.60. The summed E-state index contributed by atoms with van der Waals surface area (Å²) < 4.78 is 34.0. The van der Waals surface area contributed by atoms with Crippen molar-refractivity contribution >= 4 is 51.4 Å². The minimum atomic E-state index is -0.410. The Bertz CT molecular complexity index is 2150.